The summed E-state index contributed by atoms with van der Waals surface area (Å²) in [5.41, 5.74) is 4.25. The van der Waals surface area contributed by atoms with Crippen molar-refractivity contribution in [2.75, 3.05) is 25.9 Å². The lowest BCUT2D eigenvalue weighted by Gasteiger charge is -2.19. The molecule has 0 aliphatic heterocycles. The van der Waals surface area contributed by atoms with Crippen LogP contribution in [0.3, 0.4) is 0 Å². The van der Waals surface area contributed by atoms with Crippen molar-refractivity contribution < 1.29 is 4.79 Å². The van der Waals surface area contributed by atoms with Gasteiger partial charge < -0.3 is 4.90 Å². The molecule has 35 heavy (non-hydrogen) atoms. The van der Waals surface area contributed by atoms with Crippen molar-refractivity contribution in [3.63, 3.8) is 0 Å². The summed E-state index contributed by atoms with van der Waals surface area (Å²) in [6.45, 7) is 7.36. The van der Waals surface area contributed by atoms with Gasteiger partial charge in [0.1, 0.15) is 0 Å². The van der Waals surface area contributed by atoms with Crippen LogP contribution in [0, 0.1) is 11.3 Å². The Kier molecular flexibility index (Phi) is 14.1. The van der Waals surface area contributed by atoms with Crippen molar-refractivity contribution >= 4 is 28.7 Å². The number of ketones is 1. The molecular weight excluding hydrogens is 448 g/mol. The molecule has 0 radical (unpaired) electrons. The smallest absolute Gasteiger partial charge is 0.163 e. The number of Topliss-reactive ketones (excluding diaryl/α,β-unsaturated/α-hetero) is 1. The summed E-state index contributed by atoms with van der Waals surface area (Å²) >= 11 is 1.74. The number of rotatable bonds is 17. The van der Waals surface area contributed by atoms with Crippen molar-refractivity contribution in [3.05, 3.63) is 65.7 Å². The van der Waals surface area contributed by atoms with Gasteiger partial charge in [0.05, 0.1) is 6.07 Å². The van der Waals surface area contributed by atoms with E-state index in [9.17, 15) is 4.79 Å². The second-order valence-electron chi connectivity index (χ2n) is 8.93. The minimum atomic E-state index is 0.251. The molecular formula is C31H42N2OS. The topological polar surface area (TPSA) is 44.1 Å². The Hall–Kier alpha value is -2.35. The zero-order valence-corrected chi connectivity index (χ0v) is 22.7. The van der Waals surface area contributed by atoms with Gasteiger partial charge in [-0.25, -0.2) is 0 Å². The van der Waals surface area contributed by atoms with E-state index in [4.69, 9.17) is 5.26 Å². The van der Waals surface area contributed by atoms with Crippen LogP contribution < -0.4 is 0 Å². The number of unbranched alkanes of at least 4 members (excludes halogenated alkanes) is 5. The summed E-state index contributed by atoms with van der Waals surface area (Å²) in [5.74, 6) is 0.251. The molecule has 0 heterocycles. The second kappa shape index (κ2) is 17.1. The molecule has 0 atom stereocenters. The van der Waals surface area contributed by atoms with Crippen LogP contribution in [0.2, 0.25) is 0 Å². The first-order valence-electron chi connectivity index (χ1n) is 13.2. The number of nitrogens with zero attached hydrogens (tertiary/aromatic N) is 2. The fourth-order valence-electron chi connectivity index (χ4n) is 4.48. The standard InChI is InChI=1S/C31H42N2OS/c1-4-33(5-2)25-15-19-30(34)31(27-16-11-10-12-17-27)29(18-13-8-6-7-9-14-24-32)26-20-22-28(35-3)23-21-26/h10-12,16-17,20-23H,4-9,13-15,18-19,25H2,1-3H3/b31-29+. The normalized spacial score (nSPS) is 11.9. The quantitative estimate of drug-likeness (QED) is 0.0968. The van der Waals surface area contributed by atoms with E-state index in [1.807, 2.05) is 18.2 Å². The van der Waals surface area contributed by atoms with Gasteiger partial charge in [-0.05, 0) is 80.4 Å². The highest BCUT2D eigenvalue weighted by atomic mass is 32.2. The van der Waals surface area contributed by atoms with Gasteiger partial charge in [0, 0.05) is 23.3 Å². The summed E-state index contributed by atoms with van der Waals surface area (Å²) < 4.78 is 0. The molecule has 4 heteroatoms. The van der Waals surface area contributed by atoms with E-state index in [0.717, 1.165) is 81.3 Å². The minimum absolute atomic E-state index is 0.251. The number of nitriles is 1. The summed E-state index contributed by atoms with van der Waals surface area (Å²) in [6.07, 6.45) is 10.5. The van der Waals surface area contributed by atoms with Crippen LogP contribution >= 0.6 is 11.8 Å². The third-order valence-corrected chi connectivity index (χ3v) is 7.31. The van der Waals surface area contributed by atoms with Crippen LogP contribution in [0.1, 0.15) is 82.8 Å². The number of hydrogen-bond donors (Lipinski definition) is 0. The van der Waals surface area contributed by atoms with Crippen LogP contribution in [0.4, 0.5) is 0 Å². The maximum atomic E-state index is 13.7. The number of allylic oxidation sites excluding steroid dienone is 2. The van der Waals surface area contributed by atoms with Gasteiger partial charge in [-0.15, -0.1) is 11.8 Å². The third kappa shape index (κ3) is 10.0. The molecule has 0 aromatic heterocycles. The average molecular weight is 491 g/mol. The van der Waals surface area contributed by atoms with Crippen LogP contribution in [0.25, 0.3) is 11.1 Å². The molecule has 0 spiro atoms. The van der Waals surface area contributed by atoms with Gasteiger partial charge in [-0.3, -0.25) is 4.79 Å². The van der Waals surface area contributed by atoms with Crippen LogP contribution in [0.15, 0.2) is 59.5 Å². The van der Waals surface area contributed by atoms with E-state index in [2.05, 4.69) is 67.5 Å². The molecule has 0 saturated heterocycles. The van der Waals surface area contributed by atoms with Crippen molar-refractivity contribution in [2.45, 2.75) is 76.5 Å². The Morgan fingerprint density at radius 3 is 2.11 bits per heavy atom. The van der Waals surface area contributed by atoms with Gasteiger partial charge in [-0.1, -0.05) is 75.6 Å². The first-order chi connectivity index (χ1) is 17.1. The van der Waals surface area contributed by atoms with Gasteiger partial charge in [0.15, 0.2) is 5.78 Å². The largest absolute Gasteiger partial charge is 0.304 e. The predicted octanol–water partition coefficient (Wildman–Crippen LogP) is 8.26. The van der Waals surface area contributed by atoms with E-state index >= 15 is 0 Å². The number of carbonyl (C=O) groups is 1. The first-order valence-corrected chi connectivity index (χ1v) is 14.4. The van der Waals surface area contributed by atoms with Crippen molar-refractivity contribution in [1.82, 2.24) is 4.90 Å². The highest BCUT2D eigenvalue weighted by molar-refractivity contribution is 7.98. The van der Waals surface area contributed by atoms with E-state index in [1.54, 1.807) is 11.8 Å². The molecule has 0 aliphatic rings. The molecule has 0 amide bonds. The van der Waals surface area contributed by atoms with Crippen molar-refractivity contribution in [1.29, 1.82) is 5.26 Å². The van der Waals surface area contributed by atoms with Crippen molar-refractivity contribution in [2.24, 2.45) is 0 Å². The van der Waals surface area contributed by atoms with E-state index in [-0.39, 0.29) is 5.78 Å². The highest BCUT2D eigenvalue weighted by Gasteiger charge is 2.19. The van der Waals surface area contributed by atoms with Gasteiger partial charge >= 0.3 is 0 Å². The monoisotopic (exact) mass is 490 g/mol. The molecule has 2 rings (SSSR count). The summed E-state index contributed by atoms with van der Waals surface area (Å²) in [4.78, 5) is 17.4. The molecule has 0 aliphatic carbocycles. The van der Waals surface area contributed by atoms with E-state index in [1.165, 1.54) is 10.5 Å². The van der Waals surface area contributed by atoms with E-state index in [0.29, 0.717) is 12.8 Å². The number of hydrogen-bond acceptors (Lipinski definition) is 4. The highest BCUT2D eigenvalue weighted by Crippen LogP contribution is 2.33. The summed E-state index contributed by atoms with van der Waals surface area (Å²) in [7, 11) is 0. The van der Waals surface area contributed by atoms with Crippen LogP contribution in [-0.4, -0.2) is 36.6 Å². The lowest BCUT2D eigenvalue weighted by atomic mass is 9.87. The molecule has 188 valence electrons. The first kappa shape index (κ1) is 28.9. The van der Waals surface area contributed by atoms with Gasteiger partial charge in [0.25, 0.3) is 0 Å². The molecule has 3 nitrogen and oxygen atoms in total. The van der Waals surface area contributed by atoms with Crippen LogP contribution in [0.5, 0.6) is 0 Å². The third-order valence-electron chi connectivity index (χ3n) is 6.57. The maximum Gasteiger partial charge on any atom is 0.163 e. The van der Waals surface area contributed by atoms with Crippen LogP contribution in [-0.2, 0) is 4.79 Å². The molecule has 0 saturated carbocycles. The molecule has 0 unspecified atom stereocenters. The zero-order valence-electron chi connectivity index (χ0n) is 21.9. The molecule has 0 N–H and O–H groups in total. The Morgan fingerprint density at radius 1 is 0.829 bits per heavy atom. The van der Waals surface area contributed by atoms with Crippen molar-refractivity contribution in [3.8, 4) is 6.07 Å². The molecule has 0 bridgehead atoms. The Labute approximate surface area is 217 Å². The predicted molar refractivity (Wildman–Crippen MR) is 151 cm³/mol. The average Bonchev–Trinajstić information content (AvgIpc) is 2.90. The number of thioether (sulfide) groups is 1. The fourth-order valence-corrected chi connectivity index (χ4v) is 4.89. The van der Waals surface area contributed by atoms with Gasteiger partial charge in [-0.2, -0.15) is 5.26 Å². The molecule has 2 aromatic rings. The Morgan fingerprint density at radius 2 is 1.49 bits per heavy atom. The Bertz CT molecular complexity index is 940. The van der Waals surface area contributed by atoms with E-state index < -0.39 is 0 Å². The summed E-state index contributed by atoms with van der Waals surface area (Å²) in [6, 6.07) is 21.2. The Balaban J connectivity index is 2.33. The van der Waals surface area contributed by atoms with Gasteiger partial charge in [0.2, 0.25) is 0 Å². The SMILES string of the molecule is CCN(CC)CCCC(=O)/C(=C(\CCCCCCCC#N)c1ccc(SC)cc1)c1ccccc1. The fraction of sp³-hybridized carbons (Fsp3) is 0.484. The molecule has 2 aromatic carbocycles. The zero-order chi connectivity index (χ0) is 25.3. The molecule has 0 fully saturated rings. The number of benzene rings is 2. The lowest BCUT2D eigenvalue weighted by molar-refractivity contribution is -0.113. The minimum Gasteiger partial charge on any atom is -0.304 e. The number of carbonyl (C=O) groups excluding carboxylic acids is 1. The maximum absolute atomic E-state index is 13.7. The second-order valence-corrected chi connectivity index (χ2v) is 9.81. The lowest BCUT2D eigenvalue weighted by Crippen LogP contribution is -2.24. The summed E-state index contributed by atoms with van der Waals surface area (Å²) in [5, 5.41) is 8.75.